The van der Waals surface area contributed by atoms with E-state index in [-0.39, 0.29) is 0 Å². The first-order valence-electron chi connectivity index (χ1n) is 19.3. The number of carbonyl (C=O) groups is 2. The summed E-state index contributed by atoms with van der Waals surface area (Å²) in [6.07, 6.45) is 19.9. The van der Waals surface area contributed by atoms with E-state index in [9.17, 15) is 9.59 Å². The van der Waals surface area contributed by atoms with Crippen molar-refractivity contribution in [2.24, 2.45) is 0 Å². The number of carbonyl (C=O) groups excluding carboxylic acids is 2. The average molecular weight is 691 g/mol. The summed E-state index contributed by atoms with van der Waals surface area (Å²) in [5.41, 5.74) is 6.07. The molecule has 4 aromatic rings. The van der Waals surface area contributed by atoms with Gasteiger partial charge in [0.25, 0.3) is 0 Å². The normalized spacial score (nSPS) is 10.9. The van der Waals surface area contributed by atoms with Crippen LogP contribution in [0.15, 0.2) is 97.1 Å². The van der Waals surface area contributed by atoms with Crippen LogP contribution in [0.25, 0.3) is 0 Å². The van der Waals surface area contributed by atoms with Crippen molar-refractivity contribution in [2.45, 2.75) is 123 Å². The Morgan fingerprint density at radius 3 is 1.08 bits per heavy atom. The van der Waals surface area contributed by atoms with Gasteiger partial charge >= 0.3 is 12.2 Å². The van der Waals surface area contributed by atoms with E-state index in [1.165, 1.54) is 101 Å². The maximum absolute atomic E-state index is 12.5. The molecule has 0 aliphatic rings. The SMILES string of the molecule is CCCCCCCCCc1ccc(OC(=O)Nc2ccc(Cc3ccc(NC(=O)Oc4ccc(CCCCCCCCC)cc4)cc3)cc2)cc1. The standard InChI is InChI=1S/C45H58N2O4/c1-3-5-7-9-11-13-15-17-36-23-31-42(32-24-36)50-44(48)46-40-27-19-38(20-28-40)35-39-21-29-41(30-22-39)47-45(49)51-43-33-25-37(26-34-43)18-16-14-12-10-8-6-4-2/h19-34H,3-18,35H2,1-2H3,(H,46,48)(H,47,49). The molecule has 272 valence electrons. The lowest BCUT2D eigenvalue weighted by atomic mass is 10.0. The van der Waals surface area contributed by atoms with Crippen LogP contribution < -0.4 is 20.1 Å². The smallest absolute Gasteiger partial charge is 0.410 e. The highest BCUT2D eigenvalue weighted by Crippen LogP contribution is 2.20. The highest BCUT2D eigenvalue weighted by molar-refractivity contribution is 5.87. The van der Waals surface area contributed by atoms with Crippen molar-refractivity contribution >= 4 is 23.6 Å². The first kappa shape index (κ1) is 39.2. The van der Waals surface area contributed by atoms with E-state index >= 15 is 0 Å². The molecule has 0 fully saturated rings. The number of amides is 2. The van der Waals surface area contributed by atoms with Crippen LogP contribution in [-0.2, 0) is 19.3 Å². The molecule has 0 aliphatic carbocycles. The number of hydrogen-bond donors (Lipinski definition) is 2. The van der Waals surface area contributed by atoms with Gasteiger partial charge in [-0.25, -0.2) is 9.59 Å². The predicted octanol–water partition coefficient (Wildman–Crippen LogP) is 13.1. The van der Waals surface area contributed by atoms with Crippen LogP contribution in [0.1, 0.15) is 126 Å². The summed E-state index contributed by atoms with van der Waals surface area (Å²) in [5, 5.41) is 5.62. The van der Waals surface area contributed by atoms with Crippen LogP contribution >= 0.6 is 0 Å². The molecule has 4 rings (SSSR count). The Morgan fingerprint density at radius 1 is 0.412 bits per heavy atom. The molecule has 6 nitrogen and oxygen atoms in total. The zero-order valence-electron chi connectivity index (χ0n) is 30.9. The molecule has 0 radical (unpaired) electrons. The van der Waals surface area contributed by atoms with Gasteiger partial charge in [-0.1, -0.05) is 139 Å². The first-order chi connectivity index (χ1) is 25.0. The number of aryl methyl sites for hydroxylation is 2. The lowest BCUT2D eigenvalue weighted by molar-refractivity contribution is 0.214. The minimum atomic E-state index is -0.514. The number of ether oxygens (including phenoxy) is 2. The minimum Gasteiger partial charge on any atom is -0.410 e. The summed E-state index contributed by atoms with van der Waals surface area (Å²) < 4.78 is 11.0. The fourth-order valence-corrected chi connectivity index (χ4v) is 6.17. The van der Waals surface area contributed by atoms with Crippen molar-refractivity contribution in [2.75, 3.05) is 10.6 Å². The molecule has 51 heavy (non-hydrogen) atoms. The van der Waals surface area contributed by atoms with Gasteiger partial charge < -0.3 is 9.47 Å². The van der Waals surface area contributed by atoms with Crippen LogP contribution in [0.3, 0.4) is 0 Å². The van der Waals surface area contributed by atoms with Crippen molar-refractivity contribution in [3.63, 3.8) is 0 Å². The maximum Gasteiger partial charge on any atom is 0.417 e. The lowest BCUT2D eigenvalue weighted by Gasteiger charge is -2.10. The molecule has 0 saturated heterocycles. The molecular formula is C45H58N2O4. The monoisotopic (exact) mass is 690 g/mol. The first-order valence-corrected chi connectivity index (χ1v) is 19.3. The van der Waals surface area contributed by atoms with E-state index < -0.39 is 12.2 Å². The molecule has 0 aliphatic heterocycles. The van der Waals surface area contributed by atoms with Crippen LogP contribution in [-0.4, -0.2) is 12.2 Å². The van der Waals surface area contributed by atoms with Gasteiger partial charge in [0.15, 0.2) is 0 Å². The third-order valence-electron chi connectivity index (χ3n) is 9.21. The summed E-state index contributed by atoms with van der Waals surface area (Å²) in [7, 11) is 0. The number of benzene rings is 4. The van der Waals surface area contributed by atoms with Crippen LogP contribution in [0.2, 0.25) is 0 Å². The van der Waals surface area contributed by atoms with Gasteiger partial charge in [0, 0.05) is 11.4 Å². The van der Waals surface area contributed by atoms with E-state index in [1.54, 1.807) is 0 Å². The predicted molar refractivity (Wildman–Crippen MR) is 211 cm³/mol. The summed E-state index contributed by atoms with van der Waals surface area (Å²) in [6.45, 7) is 4.49. The van der Waals surface area contributed by atoms with Crippen LogP contribution in [0.4, 0.5) is 21.0 Å². The van der Waals surface area contributed by atoms with Gasteiger partial charge in [0.05, 0.1) is 0 Å². The van der Waals surface area contributed by atoms with Gasteiger partial charge in [-0.05, 0) is 103 Å². The van der Waals surface area contributed by atoms with Gasteiger partial charge in [-0.3, -0.25) is 10.6 Å². The molecule has 0 spiro atoms. The molecule has 4 aromatic carbocycles. The zero-order chi connectivity index (χ0) is 35.9. The number of rotatable bonds is 22. The largest absolute Gasteiger partial charge is 0.417 e. The van der Waals surface area contributed by atoms with Crippen LogP contribution in [0.5, 0.6) is 11.5 Å². The second-order valence-corrected chi connectivity index (χ2v) is 13.6. The van der Waals surface area contributed by atoms with Gasteiger partial charge in [-0.2, -0.15) is 0 Å². The summed E-state index contributed by atoms with van der Waals surface area (Å²) in [5.74, 6) is 1.06. The van der Waals surface area contributed by atoms with E-state index in [0.29, 0.717) is 29.3 Å². The Bertz CT molecular complexity index is 1430. The average Bonchev–Trinajstić information content (AvgIpc) is 3.14. The van der Waals surface area contributed by atoms with E-state index in [2.05, 4.69) is 24.5 Å². The Balaban J connectivity index is 1.12. The molecule has 0 saturated carbocycles. The Morgan fingerprint density at radius 2 is 0.725 bits per heavy atom. The Labute approximate surface area is 306 Å². The number of nitrogens with one attached hydrogen (secondary N) is 2. The van der Waals surface area contributed by atoms with Crippen molar-refractivity contribution < 1.29 is 19.1 Å². The quantitative estimate of drug-likeness (QED) is 0.0805. The maximum atomic E-state index is 12.5. The zero-order valence-corrected chi connectivity index (χ0v) is 30.9. The highest BCUT2D eigenvalue weighted by Gasteiger charge is 2.08. The fourth-order valence-electron chi connectivity index (χ4n) is 6.17. The summed E-state index contributed by atoms with van der Waals surface area (Å²) in [6, 6.07) is 31.0. The fraction of sp³-hybridized carbons (Fsp3) is 0.422. The van der Waals surface area contributed by atoms with E-state index in [4.69, 9.17) is 9.47 Å². The highest BCUT2D eigenvalue weighted by atomic mass is 16.6. The summed E-state index contributed by atoms with van der Waals surface area (Å²) in [4.78, 5) is 25.0. The van der Waals surface area contributed by atoms with Gasteiger partial charge in [0.2, 0.25) is 0 Å². The molecule has 0 bridgehead atoms. The second kappa shape index (κ2) is 23.0. The Hall–Kier alpha value is -4.58. The second-order valence-electron chi connectivity index (χ2n) is 13.6. The van der Waals surface area contributed by atoms with Crippen molar-refractivity contribution in [1.82, 2.24) is 0 Å². The van der Waals surface area contributed by atoms with Gasteiger partial charge in [0.1, 0.15) is 11.5 Å². The molecular weight excluding hydrogens is 633 g/mol. The lowest BCUT2D eigenvalue weighted by Crippen LogP contribution is -2.16. The molecule has 0 aromatic heterocycles. The van der Waals surface area contributed by atoms with Gasteiger partial charge in [-0.15, -0.1) is 0 Å². The molecule has 0 unspecified atom stereocenters. The number of unbranched alkanes of at least 4 members (excludes halogenated alkanes) is 12. The summed E-state index contributed by atoms with van der Waals surface area (Å²) >= 11 is 0. The third-order valence-corrected chi connectivity index (χ3v) is 9.21. The molecule has 6 heteroatoms. The van der Waals surface area contributed by atoms with E-state index in [1.807, 2.05) is 97.1 Å². The van der Waals surface area contributed by atoms with Crippen molar-refractivity contribution in [1.29, 1.82) is 0 Å². The topological polar surface area (TPSA) is 76.7 Å². The minimum absolute atomic E-state index is 0.514. The molecule has 0 heterocycles. The van der Waals surface area contributed by atoms with Crippen molar-refractivity contribution in [3.05, 3.63) is 119 Å². The van der Waals surface area contributed by atoms with Crippen LogP contribution in [0, 0.1) is 0 Å². The third kappa shape index (κ3) is 15.9. The molecule has 2 N–H and O–H groups in total. The van der Waals surface area contributed by atoms with Crippen molar-refractivity contribution in [3.8, 4) is 11.5 Å². The molecule has 0 atom stereocenters. The number of hydrogen-bond acceptors (Lipinski definition) is 4. The Kier molecular flexibility index (Phi) is 17.7. The molecule has 2 amide bonds. The number of anilines is 2. The van der Waals surface area contributed by atoms with E-state index in [0.717, 1.165) is 24.0 Å².